The van der Waals surface area contributed by atoms with E-state index in [9.17, 15) is 14.3 Å². The molecule has 1 amide bonds. The standard InChI is InChI=1S/C15H16FNO3/c1-10-6-11(8-12(16)7-10)14(18)17-9-15(2,19)13-4-3-5-20-13/h3-8,19H,9H2,1-2H3,(H,17,18). The van der Waals surface area contributed by atoms with Gasteiger partial charge in [-0.2, -0.15) is 0 Å². The first-order valence-corrected chi connectivity index (χ1v) is 6.20. The second-order valence-electron chi connectivity index (χ2n) is 4.95. The van der Waals surface area contributed by atoms with E-state index in [0.29, 0.717) is 11.3 Å². The van der Waals surface area contributed by atoms with E-state index in [0.717, 1.165) is 6.07 Å². The third-order valence-corrected chi connectivity index (χ3v) is 2.95. The molecule has 0 bridgehead atoms. The van der Waals surface area contributed by atoms with E-state index >= 15 is 0 Å². The summed E-state index contributed by atoms with van der Waals surface area (Å²) in [6.07, 6.45) is 1.45. The molecule has 0 aliphatic heterocycles. The number of aryl methyl sites for hydroxylation is 1. The van der Waals surface area contributed by atoms with E-state index in [1.807, 2.05) is 0 Å². The van der Waals surface area contributed by atoms with Gasteiger partial charge in [-0.1, -0.05) is 0 Å². The van der Waals surface area contributed by atoms with Gasteiger partial charge < -0.3 is 14.8 Å². The normalized spacial score (nSPS) is 13.8. The van der Waals surface area contributed by atoms with Gasteiger partial charge in [0.15, 0.2) is 0 Å². The molecule has 2 N–H and O–H groups in total. The number of hydrogen-bond acceptors (Lipinski definition) is 3. The number of nitrogens with one attached hydrogen (secondary N) is 1. The lowest BCUT2D eigenvalue weighted by Gasteiger charge is -2.21. The molecule has 0 saturated carbocycles. The zero-order valence-corrected chi connectivity index (χ0v) is 11.3. The number of amides is 1. The minimum atomic E-state index is -1.32. The average Bonchev–Trinajstić information content (AvgIpc) is 2.89. The van der Waals surface area contributed by atoms with Crippen LogP contribution in [0.4, 0.5) is 4.39 Å². The van der Waals surface area contributed by atoms with Crippen LogP contribution >= 0.6 is 0 Å². The largest absolute Gasteiger partial charge is 0.466 e. The number of furan rings is 1. The second-order valence-corrected chi connectivity index (χ2v) is 4.95. The number of hydrogen-bond donors (Lipinski definition) is 2. The summed E-state index contributed by atoms with van der Waals surface area (Å²) in [6.45, 7) is 3.21. The Morgan fingerprint density at radius 1 is 1.45 bits per heavy atom. The summed E-state index contributed by atoms with van der Waals surface area (Å²) in [4.78, 5) is 11.9. The van der Waals surface area contributed by atoms with Crippen molar-refractivity contribution >= 4 is 5.91 Å². The zero-order chi connectivity index (χ0) is 14.8. The van der Waals surface area contributed by atoms with Crippen molar-refractivity contribution in [2.75, 3.05) is 6.54 Å². The minimum absolute atomic E-state index is 0.0328. The summed E-state index contributed by atoms with van der Waals surface area (Å²) >= 11 is 0. The summed E-state index contributed by atoms with van der Waals surface area (Å²) in [7, 11) is 0. The third kappa shape index (κ3) is 3.24. The fourth-order valence-electron chi connectivity index (χ4n) is 1.89. The van der Waals surface area contributed by atoms with Gasteiger partial charge in [0.25, 0.3) is 5.91 Å². The summed E-state index contributed by atoms with van der Waals surface area (Å²) in [5.74, 6) is -0.555. The first-order valence-electron chi connectivity index (χ1n) is 6.20. The van der Waals surface area contributed by atoms with Crippen LogP contribution in [0.5, 0.6) is 0 Å². The number of carbonyl (C=O) groups excluding carboxylic acids is 1. The SMILES string of the molecule is Cc1cc(F)cc(C(=O)NCC(C)(O)c2ccco2)c1. The fraction of sp³-hybridized carbons (Fsp3) is 0.267. The van der Waals surface area contributed by atoms with Crippen LogP contribution in [0, 0.1) is 12.7 Å². The van der Waals surface area contributed by atoms with E-state index in [4.69, 9.17) is 4.42 Å². The summed E-state index contributed by atoms with van der Waals surface area (Å²) < 4.78 is 18.4. The molecule has 20 heavy (non-hydrogen) atoms. The molecule has 1 unspecified atom stereocenters. The Balaban J connectivity index is 2.05. The van der Waals surface area contributed by atoms with Crippen molar-refractivity contribution < 1.29 is 18.7 Å². The molecule has 1 aromatic carbocycles. The van der Waals surface area contributed by atoms with Crippen LogP contribution in [0.3, 0.4) is 0 Å². The molecule has 1 aromatic heterocycles. The second kappa shape index (κ2) is 5.46. The molecule has 5 heteroatoms. The minimum Gasteiger partial charge on any atom is -0.466 e. The number of halogens is 1. The molecule has 2 rings (SSSR count). The van der Waals surface area contributed by atoms with Gasteiger partial charge in [0.1, 0.15) is 17.2 Å². The molecule has 1 atom stereocenters. The summed E-state index contributed by atoms with van der Waals surface area (Å²) in [5.41, 5.74) is -0.438. The van der Waals surface area contributed by atoms with Gasteiger partial charge in [0.05, 0.1) is 12.8 Å². The molecular formula is C15H16FNO3. The Kier molecular flexibility index (Phi) is 3.90. The topological polar surface area (TPSA) is 62.5 Å². The highest BCUT2D eigenvalue weighted by molar-refractivity contribution is 5.94. The van der Waals surface area contributed by atoms with Crippen LogP contribution < -0.4 is 5.32 Å². The lowest BCUT2D eigenvalue weighted by Crippen LogP contribution is -2.38. The zero-order valence-electron chi connectivity index (χ0n) is 11.3. The quantitative estimate of drug-likeness (QED) is 0.901. The maximum Gasteiger partial charge on any atom is 0.251 e. The van der Waals surface area contributed by atoms with Crippen molar-refractivity contribution in [2.24, 2.45) is 0 Å². The Bertz CT molecular complexity index is 585. The molecule has 1 heterocycles. The van der Waals surface area contributed by atoms with Crippen molar-refractivity contribution in [1.82, 2.24) is 5.32 Å². The third-order valence-electron chi connectivity index (χ3n) is 2.95. The highest BCUT2D eigenvalue weighted by Crippen LogP contribution is 2.20. The van der Waals surface area contributed by atoms with Gasteiger partial charge in [0, 0.05) is 5.56 Å². The molecule has 0 spiro atoms. The van der Waals surface area contributed by atoms with Gasteiger partial charge in [-0.05, 0) is 49.7 Å². The van der Waals surface area contributed by atoms with Crippen LogP contribution in [-0.2, 0) is 5.60 Å². The lowest BCUT2D eigenvalue weighted by atomic mass is 10.0. The van der Waals surface area contributed by atoms with Crippen LogP contribution in [0.25, 0.3) is 0 Å². The van der Waals surface area contributed by atoms with Crippen molar-refractivity contribution in [3.8, 4) is 0 Å². The summed E-state index contributed by atoms with van der Waals surface area (Å²) in [6, 6.07) is 7.36. The van der Waals surface area contributed by atoms with Gasteiger partial charge >= 0.3 is 0 Å². The Labute approximate surface area is 116 Å². The van der Waals surface area contributed by atoms with E-state index < -0.39 is 17.3 Å². The molecule has 0 aliphatic rings. The average molecular weight is 277 g/mol. The fourth-order valence-corrected chi connectivity index (χ4v) is 1.89. The number of carbonyl (C=O) groups is 1. The predicted octanol–water partition coefficient (Wildman–Crippen LogP) is 2.36. The maximum atomic E-state index is 13.2. The number of benzene rings is 1. The van der Waals surface area contributed by atoms with Crippen molar-refractivity contribution in [2.45, 2.75) is 19.4 Å². The molecule has 0 saturated heterocycles. The first-order chi connectivity index (χ1) is 9.38. The van der Waals surface area contributed by atoms with E-state index in [2.05, 4.69) is 5.32 Å². The van der Waals surface area contributed by atoms with Crippen LogP contribution in [0.15, 0.2) is 41.0 Å². The number of aliphatic hydroxyl groups is 1. The summed E-state index contributed by atoms with van der Waals surface area (Å²) in [5, 5.41) is 12.8. The molecule has 0 radical (unpaired) electrons. The van der Waals surface area contributed by atoms with Crippen molar-refractivity contribution in [3.05, 3.63) is 59.3 Å². The maximum absolute atomic E-state index is 13.2. The molecular weight excluding hydrogens is 261 g/mol. The molecule has 106 valence electrons. The molecule has 4 nitrogen and oxygen atoms in total. The van der Waals surface area contributed by atoms with E-state index in [1.165, 1.54) is 19.3 Å². The Morgan fingerprint density at radius 2 is 2.20 bits per heavy atom. The Morgan fingerprint density at radius 3 is 2.80 bits per heavy atom. The smallest absolute Gasteiger partial charge is 0.251 e. The molecule has 0 fully saturated rings. The van der Waals surface area contributed by atoms with Crippen molar-refractivity contribution in [1.29, 1.82) is 0 Å². The van der Waals surface area contributed by atoms with Crippen molar-refractivity contribution in [3.63, 3.8) is 0 Å². The monoisotopic (exact) mass is 277 g/mol. The van der Waals surface area contributed by atoms with Gasteiger partial charge in [-0.25, -0.2) is 4.39 Å². The van der Waals surface area contributed by atoms with E-state index in [1.54, 1.807) is 25.1 Å². The highest BCUT2D eigenvalue weighted by Gasteiger charge is 2.27. The van der Waals surface area contributed by atoms with Crippen LogP contribution in [-0.4, -0.2) is 17.6 Å². The number of rotatable bonds is 4. The first kappa shape index (κ1) is 14.3. The molecule has 2 aromatic rings. The van der Waals surface area contributed by atoms with Crippen LogP contribution in [0.2, 0.25) is 0 Å². The predicted molar refractivity (Wildman–Crippen MR) is 71.7 cm³/mol. The lowest BCUT2D eigenvalue weighted by molar-refractivity contribution is 0.0330. The Hall–Kier alpha value is -2.14. The van der Waals surface area contributed by atoms with Crippen LogP contribution in [0.1, 0.15) is 28.6 Å². The van der Waals surface area contributed by atoms with Gasteiger partial charge in [0.2, 0.25) is 0 Å². The highest BCUT2D eigenvalue weighted by atomic mass is 19.1. The molecule has 0 aliphatic carbocycles. The van der Waals surface area contributed by atoms with Gasteiger partial charge in [-0.3, -0.25) is 4.79 Å². The van der Waals surface area contributed by atoms with E-state index in [-0.39, 0.29) is 12.1 Å². The van der Waals surface area contributed by atoms with Gasteiger partial charge in [-0.15, -0.1) is 0 Å².